The van der Waals surface area contributed by atoms with Crippen molar-refractivity contribution < 1.29 is 24.1 Å². The van der Waals surface area contributed by atoms with E-state index in [1.54, 1.807) is 6.92 Å². The highest BCUT2D eigenvalue weighted by molar-refractivity contribution is 5.18. The van der Waals surface area contributed by atoms with Crippen LogP contribution in [0.3, 0.4) is 0 Å². The average molecular weight is 342 g/mol. The fraction of sp³-hybridized carbons (Fsp3) is 0.400. The standard InChI is InChI=1S/C20H22O5/c1-20(21)18-17(23-19(24-18)15-10-6-3-7-11-15)16(25-20)13-22-12-14-8-4-2-5-9-14/h2-11,16-19,21H,12-13H2,1H3/t16?,17-,18-,19?,20?/m1/s1. The molecule has 2 saturated heterocycles. The minimum absolute atomic E-state index is 0.330. The first kappa shape index (κ1) is 16.7. The van der Waals surface area contributed by atoms with E-state index >= 15 is 0 Å². The molecule has 25 heavy (non-hydrogen) atoms. The van der Waals surface area contributed by atoms with Crippen LogP contribution in [0.15, 0.2) is 60.7 Å². The van der Waals surface area contributed by atoms with Gasteiger partial charge in [-0.3, -0.25) is 0 Å². The first-order valence-corrected chi connectivity index (χ1v) is 8.51. The highest BCUT2D eigenvalue weighted by Gasteiger charge is 2.58. The van der Waals surface area contributed by atoms with Gasteiger partial charge in [0, 0.05) is 5.56 Å². The Balaban J connectivity index is 1.40. The fourth-order valence-corrected chi connectivity index (χ4v) is 3.37. The molecule has 5 heteroatoms. The third-order valence-corrected chi connectivity index (χ3v) is 4.60. The van der Waals surface area contributed by atoms with Crippen molar-refractivity contribution in [3.63, 3.8) is 0 Å². The van der Waals surface area contributed by atoms with E-state index in [-0.39, 0.29) is 12.2 Å². The molecular weight excluding hydrogens is 320 g/mol. The Bertz CT molecular complexity index is 688. The molecule has 4 rings (SSSR count). The van der Waals surface area contributed by atoms with Crippen molar-refractivity contribution in [2.45, 2.75) is 43.9 Å². The van der Waals surface area contributed by atoms with E-state index in [9.17, 15) is 5.11 Å². The zero-order valence-electron chi connectivity index (χ0n) is 14.1. The van der Waals surface area contributed by atoms with Crippen molar-refractivity contribution in [3.8, 4) is 0 Å². The molecule has 2 aromatic carbocycles. The summed E-state index contributed by atoms with van der Waals surface area (Å²) in [4.78, 5) is 0. The molecule has 0 amide bonds. The van der Waals surface area contributed by atoms with Crippen LogP contribution in [-0.2, 0) is 25.6 Å². The zero-order chi connectivity index (χ0) is 17.3. The van der Waals surface area contributed by atoms with Crippen molar-refractivity contribution >= 4 is 0 Å². The van der Waals surface area contributed by atoms with Gasteiger partial charge in [0.05, 0.1) is 13.2 Å². The maximum absolute atomic E-state index is 10.5. The Kier molecular flexibility index (Phi) is 4.58. The van der Waals surface area contributed by atoms with Gasteiger partial charge in [-0.25, -0.2) is 0 Å². The summed E-state index contributed by atoms with van der Waals surface area (Å²) >= 11 is 0. The zero-order valence-corrected chi connectivity index (χ0v) is 14.1. The summed E-state index contributed by atoms with van der Waals surface area (Å²) < 4.78 is 23.5. The number of ether oxygens (including phenoxy) is 4. The summed E-state index contributed by atoms with van der Waals surface area (Å²) in [5, 5.41) is 10.5. The van der Waals surface area contributed by atoms with Crippen LogP contribution >= 0.6 is 0 Å². The summed E-state index contributed by atoms with van der Waals surface area (Å²) in [5.74, 6) is -1.39. The van der Waals surface area contributed by atoms with E-state index in [0.29, 0.717) is 13.2 Å². The predicted molar refractivity (Wildman–Crippen MR) is 90.5 cm³/mol. The molecule has 2 heterocycles. The third-order valence-electron chi connectivity index (χ3n) is 4.60. The van der Waals surface area contributed by atoms with Crippen LogP contribution in [0.25, 0.3) is 0 Å². The number of fused-ring (bicyclic) bond motifs is 1. The highest BCUT2D eigenvalue weighted by atomic mass is 16.8. The fourth-order valence-electron chi connectivity index (χ4n) is 3.37. The number of hydrogen-bond acceptors (Lipinski definition) is 5. The molecule has 2 aliphatic rings. The van der Waals surface area contributed by atoms with Crippen LogP contribution in [-0.4, -0.2) is 35.8 Å². The Hall–Kier alpha value is -1.76. The molecule has 3 unspecified atom stereocenters. The molecule has 0 aliphatic carbocycles. The van der Waals surface area contributed by atoms with Gasteiger partial charge >= 0.3 is 0 Å². The molecule has 0 saturated carbocycles. The molecule has 0 bridgehead atoms. The monoisotopic (exact) mass is 342 g/mol. The molecule has 1 N–H and O–H groups in total. The number of benzene rings is 2. The third kappa shape index (κ3) is 3.47. The van der Waals surface area contributed by atoms with Crippen molar-refractivity contribution in [3.05, 3.63) is 71.8 Å². The van der Waals surface area contributed by atoms with E-state index in [2.05, 4.69) is 0 Å². The maximum atomic E-state index is 10.5. The number of aliphatic hydroxyl groups is 1. The minimum atomic E-state index is -1.39. The minimum Gasteiger partial charge on any atom is -0.374 e. The SMILES string of the molecule is CC1(O)OC(COCc2ccccc2)[C@H]2OC(c3ccccc3)O[C@H]21. The molecule has 132 valence electrons. The highest BCUT2D eigenvalue weighted by Crippen LogP contribution is 2.43. The van der Waals surface area contributed by atoms with E-state index in [1.165, 1.54) is 0 Å². The summed E-state index contributed by atoms with van der Waals surface area (Å²) in [6, 6.07) is 19.6. The lowest BCUT2D eigenvalue weighted by Gasteiger charge is -2.24. The van der Waals surface area contributed by atoms with Crippen molar-refractivity contribution in [2.75, 3.05) is 6.61 Å². The van der Waals surface area contributed by atoms with Gasteiger partial charge in [-0.2, -0.15) is 0 Å². The lowest BCUT2D eigenvalue weighted by atomic mass is 10.1. The maximum Gasteiger partial charge on any atom is 0.192 e. The van der Waals surface area contributed by atoms with Gasteiger partial charge in [0.25, 0.3) is 0 Å². The number of hydrogen-bond donors (Lipinski definition) is 1. The summed E-state index contributed by atoms with van der Waals surface area (Å²) in [6.07, 6.45) is -1.78. The second-order valence-corrected chi connectivity index (χ2v) is 6.61. The first-order chi connectivity index (χ1) is 12.1. The Morgan fingerprint density at radius 1 is 1.00 bits per heavy atom. The topological polar surface area (TPSA) is 57.2 Å². The van der Waals surface area contributed by atoms with Gasteiger partial charge in [-0.1, -0.05) is 60.7 Å². The van der Waals surface area contributed by atoms with Gasteiger partial charge in [-0.15, -0.1) is 0 Å². The van der Waals surface area contributed by atoms with Crippen LogP contribution in [0.1, 0.15) is 24.3 Å². The van der Waals surface area contributed by atoms with Crippen molar-refractivity contribution in [1.29, 1.82) is 0 Å². The van der Waals surface area contributed by atoms with Crippen molar-refractivity contribution in [1.82, 2.24) is 0 Å². The summed E-state index contributed by atoms with van der Waals surface area (Å²) in [6.45, 7) is 2.43. The predicted octanol–water partition coefficient (Wildman–Crippen LogP) is 2.79. The van der Waals surface area contributed by atoms with Crippen LogP contribution in [0.2, 0.25) is 0 Å². The average Bonchev–Trinajstić information content (AvgIpc) is 3.17. The molecule has 5 atom stereocenters. The van der Waals surface area contributed by atoms with Crippen LogP contribution in [0.4, 0.5) is 0 Å². The first-order valence-electron chi connectivity index (χ1n) is 8.51. The largest absolute Gasteiger partial charge is 0.374 e. The Morgan fingerprint density at radius 2 is 1.68 bits per heavy atom. The lowest BCUT2D eigenvalue weighted by molar-refractivity contribution is -0.251. The second kappa shape index (κ2) is 6.86. The van der Waals surface area contributed by atoms with E-state index in [4.69, 9.17) is 18.9 Å². The molecule has 0 spiro atoms. The normalized spacial score (nSPS) is 34.2. The smallest absolute Gasteiger partial charge is 0.192 e. The molecular formula is C20H22O5. The summed E-state index contributed by atoms with van der Waals surface area (Å²) in [5.41, 5.74) is 2.02. The Morgan fingerprint density at radius 3 is 2.40 bits per heavy atom. The van der Waals surface area contributed by atoms with E-state index in [1.807, 2.05) is 60.7 Å². The van der Waals surface area contributed by atoms with E-state index in [0.717, 1.165) is 11.1 Å². The van der Waals surface area contributed by atoms with Gasteiger partial charge in [0.2, 0.25) is 0 Å². The molecule has 2 aliphatic heterocycles. The lowest BCUT2D eigenvalue weighted by Crippen LogP contribution is -2.38. The van der Waals surface area contributed by atoms with Crippen molar-refractivity contribution in [2.24, 2.45) is 0 Å². The molecule has 2 aromatic rings. The quantitative estimate of drug-likeness (QED) is 0.905. The van der Waals surface area contributed by atoms with Gasteiger partial charge in [0.1, 0.15) is 18.3 Å². The Labute approximate surface area is 147 Å². The molecule has 0 aromatic heterocycles. The van der Waals surface area contributed by atoms with Crippen LogP contribution in [0, 0.1) is 0 Å². The number of rotatable bonds is 5. The van der Waals surface area contributed by atoms with Crippen LogP contribution < -0.4 is 0 Å². The van der Waals surface area contributed by atoms with Gasteiger partial charge in [0.15, 0.2) is 12.1 Å². The van der Waals surface area contributed by atoms with E-state index < -0.39 is 18.2 Å². The van der Waals surface area contributed by atoms with Gasteiger partial charge in [-0.05, 0) is 12.5 Å². The molecule has 0 radical (unpaired) electrons. The second-order valence-electron chi connectivity index (χ2n) is 6.61. The molecule has 5 nitrogen and oxygen atoms in total. The summed E-state index contributed by atoms with van der Waals surface area (Å²) in [7, 11) is 0. The molecule has 2 fully saturated rings. The van der Waals surface area contributed by atoms with Gasteiger partial charge < -0.3 is 24.1 Å². The van der Waals surface area contributed by atoms with Crippen LogP contribution in [0.5, 0.6) is 0 Å².